The number of rotatable bonds is 9. The Bertz CT molecular complexity index is 748. The summed E-state index contributed by atoms with van der Waals surface area (Å²) in [4.78, 5) is 26.6. The van der Waals surface area contributed by atoms with Crippen LogP contribution >= 0.6 is 7.75 Å². The molecule has 2 rings (SSSR count). The summed E-state index contributed by atoms with van der Waals surface area (Å²) in [5, 5.41) is 0. The third kappa shape index (κ3) is 6.95. The van der Waals surface area contributed by atoms with Crippen LogP contribution in [0.1, 0.15) is 11.1 Å². The van der Waals surface area contributed by atoms with Crippen molar-refractivity contribution < 1.29 is 28.4 Å². The van der Waals surface area contributed by atoms with E-state index in [9.17, 15) is 9.36 Å². The molecule has 0 aliphatic carbocycles. The van der Waals surface area contributed by atoms with Gasteiger partial charge in [0, 0.05) is 6.42 Å². The molecule has 0 aliphatic heterocycles. The Balaban J connectivity index is 2.02. The van der Waals surface area contributed by atoms with E-state index in [0.717, 1.165) is 11.1 Å². The van der Waals surface area contributed by atoms with Gasteiger partial charge in [0.2, 0.25) is 0 Å². The van der Waals surface area contributed by atoms with Crippen LogP contribution in [0, 0.1) is 0 Å². The number of hydrogen-bond acceptors (Lipinski definition) is 6. The van der Waals surface area contributed by atoms with E-state index >= 15 is 0 Å². The summed E-state index contributed by atoms with van der Waals surface area (Å²) < 4.78 is 20.7. The lowest BCUT2D eigenvalue weighted by molar-refractivity contribution is -0.142. The van der Waals surface area contributed by atoms with E-state index in [-0.39, 0.29) is 13.0 Å². The molecule has 0 amide bonds. The second kappa shape index (κ2) is 9.47. The molecule has 4 N–H and O–H groups in total. The zero-order valence-corrected chi connectivity index (χ0v) is 15.1. The molecule has 26 heavy (non-hydrogen) atoms. The molecule has 2 aromatic rings. The number of carbonyl (C=O) groups is 1. The minimum absolute atomic E-state index is 0.164. The Morgan fingerprint density at radius 2 is 1.81 bits per heavy atom. The summed E-state index contributed by atoms with van der Waals surface area (Å²) in [7, 11) is -2.90. The molecule has 0 heterocycles. The second-order valence-electron chi connectivity index (χ2n) is 5.47. The van der Waals surface area contributed by atoms with Gasteiger partial charge in [0.1, 0.15) is 11.8 Å². The van der Waals surface area contributed by atoms with E-state index in [1.165, 1.54) is 0 Å². The van der Waals surface area contributed by atoms with E-state index in [1.807, 2.05) is 30.3 Å². The van der Waals surface area contributed by atoms with Crippen LogP contribution in [0.25, 0.3) is 0 Å². The molecule has 0 aromatic heterocycles. The maximum atomic E-state index is 12.1. The molecule has 0 radical (unpaired) electrons. The van der Waals surface area contributed by atoms with E-state index < -0.39 is 19.8 Å². The summed E-state index contributed by atoms with van der Waals surface area (Å²) in [6.07, 6.45) is 0.164. The van der Waals surface area contributed by atoms with E-state index in [1.54, 1.807) is 31.4 Å². The molecule has 2 aromatic carbocycles. The minimum atomic E-state index is -4.45. The summed E-state index contributed by atoms with van der Waals surface area (Å²) in [6, 6.07) is 15.3. The molecule has 0 saturated heterocycles. The molecule has 1 unspecified atom stereocenters. The second-order valence-corrected chi connectivity index (χ2v) is 6.78. The topological polar surface area (TPSA) is 120 Å². The molecule has 0 bridgehead atoms. The Labute approximate surface area is 151 Å². The van der Waals surface area contributed by atoms with Gasteiger partial charge in [0.25, 0.3) is 0 Å². The average Bonchev–Trinajstić information content (AvgIpc) is 2.61. The van der Waals surface area contributed by atoms with Crippen molar-refractivity contribution in [2.24, 2.45) is 5.50 Å². The van der Waals surface area contributed by atoms with Crippen molar-refractivity contribution in [3.8, 4) is 5.75 Å². The van der Waals surface area contributed by atoms with Crippen LogP contribution in [0.2, 0.25) is 0 Å². The Kier molecular flexibility index (Phi) is 7.32. The highest BCUT2D eigenvalue weighted by Crippen LogP contribution is 2.32. The number of nitrogens with two attached hydrogens (primary N) is 1. The Hall–Kier alpha value is -2.22. The molecule has 9 heteroatoms. The van der Waals surface area contributed by atoms with Gasteiger partial charge in [0.15, 0.2) is 0 Å². The van der Waals surface area contributed by atoms with Crippen LogP contribution in [0.15, 0.2) is 54.6 Å². The van der Waals surface area contributed by atoms with E-state index in [2.05, 4.69) is 10.0 Å². The van der Waals surface area contributed by atoms with Crippen molar-refractivity contribution in [2.75, 3.05) is 7.11 Å². The van der Waals surface area contributed by atoms with Gasteiger partial charge in [-0.05, 0) is 23.3 Å². The largest absolute Gasteiger partial charge is 0.497 e. The smallest absolute Gasteiger partial charge is 0.455 e. The fourth-order valence-corrected chi connectivity index (χ4v) is 2.55. The van der Waals surface area contributed by atoms with Crippen molar-refractivity contribution in [1.82, 2.24) is 5.48 Å². The Morgan fingerprint density at radius 1 is 1.15 bits per heavy atom. The van der Waals surface area contributed by atoms with Crippen LogP contribution in [0.5, 0.6) is 5.75 Å². The third-order valence-corrected chi connectivity index (χ3v) is 3.85. The summed E-state index contributed by atoms with van der Waals surface area (Å²) >= 11 is 0. The molecular formula is C17H21N2O6P. The van der Waals surface area contributed by atoms with Crippen molar-refractivity contribution >= 4 is 13.7 Å². The van der Waals surface area contributed by atoms with Crippen molar-refractivity contribution in [2.45, 2.75) is 19.1 Å². The predicted molar refractivity (Wildman–Crippen MR) is 95.0 cm³/mol. The molecule has 0 aliphatic rings. The number of hydroxylamine groups is 1. The number of methoxy groups -OCH3 is 1. The first-order valence-electron chi connectivity index (χ1n) is 7.76. The number of hydrogen-bond donors (Lipinski definition) is 3. The van der Waals surface area contributed by atoms with Gasteiger partial charge in [-0.1, -0.05) is 42.5 Å². The predicted octanol–water partition coefficient (Wildman–Crippen LogP) is 1.93. The van der Waals surface area contributed by atoms with Crippen molar-refractivity contribution in [3.05, 3.63) is 65.7 Å². The van der Waals surface area contributed by atoms with Crippen LogP contribution < -0.4 is 15.7 Å². The van der Waals surface area contributed by atoms with Gasteiger partial charge < -0.3 is 14.2 Å². The quantitative estimate of drug-likeness (QED) is 0.446. The zero-order chi connectivity index (χ0) is 19.0. The summed E-state index contributed by atoms with van der Waals surface area (Å²) in [6.45, 7) is 0.201. The van der Waals surface area contributed by atoms with Crippen molar-refractivity contribution in [1.29, 1.82) is 0 Å². The maximum Gasteiger partial charge on any atom is 0.455 e. The first-order valence-corrected chi connectivity index (χ1v) is 9.41. The zero-order valence-electron chi connectivity index (χ0n) is 14.2. The van der Waals surface area contributed by atoms with Crippen LogP contribution in [-0.2, 0) is 31.7 Å². The molecule has 0 fully saturated rings. The highest BCUT2D eigenvalue weighted by molar-refractivity contribution is 7.50. The highest BCUT2D eigenvalue weighted by atomic mass is 31.2. The SMILES string of the molecule is COc1ccc(C[C@H](NOCc2ccccc2)C(=O)OP(N)(=O)O)cc1. The van der Waals surface area contributed by atoms with Crippen molar-refractivity contribution in [3.63, 3.8) is 0 Å². The molecule has 0 spiro atoms. The van der Waals surface area contributed by atoms with Gasteiger partial charge in [0.05, 0.1) is 13.7 Å². The Morgan fingerprint density at radius 3 is 2.38 bits per heavy atom. The van der Waals surface area contributed by atoms with Gasteiger partial charge in [-0.2, -0.15) is 5.48 Å². The lowest BCUT2D eigenvalue weighted by atomic mass is 10.1. The normalized spacial score (nSPS) is 14.3. The minimum Gasteiger partial charge on any atom is -0.497 e. The number of nitrogens with one attached hydrogen (secondary N) is 1. The number of carbonyl (C=O) groups excluding carboxylic acids is 1. The van der Waals surface area contributed by atoms with Gasteiger partial charge in [-0.3, -0.25) is 4.84 Å². The monoisotopic (exact) mass is 380 g/mol. The molecule has 0 saturated carbocycles. The third-order valence-electron chi connectivity index (χ3n) is 3.41. The maximum absolute atomic E-state index is 12.1. The highest BCUT2D eigenvalue weighted by Gasteiger charge is 2.27. The summed E-state index contributed by atoms with van der Waals surface area (Å²) in [5.41, 5.74) is 9.15. The van der Waals surface area contributed by atoms with Crippen LogP contribution in [0.4, 0.5) is 0 Å². The number of ether oxygens (including phenoxy) is 1. The lowest BCUT2D eigenvalue weighted by Crippen LogP contribution is -2.39. The summed E-state index contributed by atoms with van der Waals surface area (Å²) in [5.74, 6) is -0.315. The average molecular weight is 380 g/mol. The molecule has 140 valence electrons. The fourth-order valence-electron chi connectivity index (χ4n) is 2.16. The van der Waals surface area contributed by atoms with E-state index in [0.29, 0.717) is 5.75 Å². The molecule has 2 atom stereocenters. The fraction of sp³-hybridized carbons (Fsp3) is 0.235. The lowest BCUT2D eigenvalue weighted by Gasteiger charge is -2.18. The van der Waals surface area contributed by atoms with Gasteiger partial charge in [-0.25, -0.2) is 14.9 Å². The standard InChI is InChI=1S/C17H21N2O6P/c1-23-15-9-7-13(8-10-15)11-16(17(20)25-26(18,21)22)19-24-12-14-5-3-2-4-6-14/h2-10,16,19H,11-12H2,1H3,(H3,18,21,22)/t16-/m0/s1. The number of benzene rings is 2. The molecular weight excluding hydrogens is 359 g/mol. The van der Waals surface area contributed by atoms with Gasteiger partial charge >= 0.3 is 13.7 Å². The molecule has 8 nitrogen and oxygen atoms in total. The van der Waals surface area contributed by atoms with Gasteiger partial charge in [-0.15, -0.1) is 0 Å². The van der Waals surface area contributed by atoms with Crippen LogP contribution in [-0.4, -0.2) is 24.0 Å². The first kappa shape index (κ1) is 20.1. The first-order chi connectivity index (χ1) is 12.4. The van der Waals surface area contributed by atoms with Crippen LogP contribution in [0.3, 0.4) is 0 Å². The van der Waals surface area contributed by atoms with E-state index in [4.69, 9.17) is 20.0 Å².